The zero-order valence-electron chi connectivity index (χ0n) is 15.0. The highest BCUT2D eigenvalue weighted by molar-refractivity contribution is 5.85. The molecule has 144 valence electrons. The number of rotatable bonds is 4. The minimum Gasteiger partial charge on any atom is -0.337 e. The van der Waals surface area contributed by atoms with Crippen LogP contribution in [0.25, 0.3) is 22.4 Å². The van der Waals surface area contributed by atoms with Crippen LogP contribution in [-0.4, -0.2) is 32.4 Å². The number of fused-ring (bicyclic) bond motifs is 1. The maximum Gasteiger partial charge on any atom is 0.244 e. The van der Waals surface area contributed by atoms with Gasteiger partial charge in [-0.25, -0.2) is 9.37 Å². The largest absolute Gasteiger partial charge is 0.337 e. The average molecular weight is 400 g/mol. The van der Waals surface area contributed by atoms with Crippen molar-refractivity contribution in [3.8, 4) is 11.4 Å². The summed E-state index contributed by atoms with van der Waals surface area (Å²) in [5, 5.41) is 7.09. The summed E-state index contributed by atoms with van der Waals surface area (Å²) in [4.78, 5) is 8.84. The van der Waals surface area contributed by atoms with E-state index in [1.54, 1.807) is 0 Å². The van der Waals surface area contributed by atoms with Gasteiger partial charge in [0.05, 0.1) is 23.4 Å². The summed E-state index contributed by atoms with van der Waals surface area (Å²) in [6.07, 6.45) is 1.37. The summed E-state index contributed by atoms with van der Waals surface area (Å²) >= 11 is 0. The van der Waals surface area contributed by atoms with Crippen LogP contribution in [0.5, 0.6) is 0 Å². The van der Waals surface area contributed by atoms with Crippen molar-refractivity contribution < 1.29 is 8.91 Å². The van der Waals surface area contributed by atoms with Gasteiger partial charge in [-0.2, -0.15) is 4.98 Å². The molecule has 8 heteroatoms. The number of imidazole rings is 1. The summed E-state index contributed by atoms with van der Waals surface area (Å²) in [5.41, 5.74) is 4.13. The molecule has 1 saturated heterocycles. The van der Waals surface area contributed by atoms with Crippen LogP contribution in [0, 0.1) is 0 Å². The Balaban J connectivity index is 0.00000192. The summed E-state index contributed by atoms with van der Waals surface area (Å²) in [6, 6.07) is 15.9. The lowest BCUT2D eigenvalue weighted by molar-refractivity contribution is 0.324. The van der Waals surface area contributed by atoms with Gasteiger partial charge in [-0.1, -0.05) is 41.6 Å². The summed E-state index contributed by atoms with van der Waals surface area (Å²) in [7, 11) is 0. The van der Waals surface area contributed by atoms with E-state index in [-0.39, 0.29) is 18.4 Å². The van der Waals surface area contributed by atoms with Gasteiger partial charge in [0.1, 0.15) is 6.17 Å². The summed E-state index contributed by atoms with van der Waals surface area (Å²) in [5.74, 6) is 0.966. The third-order valence-electron chi connectivity index (χ3n) is 4.91. The maximum absolute atomic E-state index is 13.3. The lowest BCUT2D eigenvalue weighted by Crippen LogP contribution is -2.14. The minimum absolute atomic E-state index is 0. The maximum atomic E-state index is 13.3. The van der Waals surface area contributed by atoms with Crippen LogP contribution in [-0.2, 0) is 6.54 Å². The average Bonchev–Trinajstić information content (AvgIpc) is 3.43. The van der Waals surface area contributed by atoms with Crippen molar-refractivity contribution in [1.82, 2.24) is 25.0 Å². The van der Waals surface area contributed by atoms with Crippen molar-refractivity contribution in [3.05, 3.63) is 66.3 Å². The van der Waals surface area contributed by atoms with Crippen LogP contribution in [0.4, 0.5) is 4.39 Å². The molecule has 3 heterocycles. The Morgan fingerprint density at radius 1 is 1.14 bits per heavy atom. The topological polar surface area (TPSA) is 68.8 Å². The minimum atomic E-state index is -0.858. The Bertz CT molecular complexity index is 1080. The van der Waals surface area contributed by atoms with Gasteiger partial charge in [0.15, 0.2) is 0 Å². The van der Waals surface area contributed by atoms with Gasteiger partial charge < -0.3 is 14.4 Å². The molecule has 2 atom stereocenters. The Kier molecular flexibility index (Phi) is 5.11. The second-order valence-corrected chi connectivity index (χ2v) is 6.81. The number of benzene rings is 2. The quantitative estimate of drug-likeness (QED) is 0.563. The van der Waals surface area contributed by atoms with Gasteiger partial charge in [-0.05, 0) is 17.7 Å². The van der Waals surface area contributed by atoms with Gasteiger partial charge in [-0.3, -0.25) is 0 Å². The Morgan fingerprint density at radius 3 is 2.75 bits per heavy atom. The smallest absolute Gasteiger partial charge is 0.244 e. The monoisotopic (exact) mass is 399 g/mol. The first-order valence-electron chi connectivity index (χ1n) is 8.96. The van der Waals surface area contributed by atoms with Crippen LogP contribution in [0.15, 0.2) is 59.4 Å². The lowest BCUT2D eigenvalue weighted by atomic mass is 10.1. The molecule has 0 aliphatic carbocycles. The fourth-order valence-corrected chi connectivity index (χ4v) is 3.47. The van der Waals surface area contributed by atoms with Crippen LogP contribution in [0.1, 0.15) is 23.9 Å². The highest BCUT2D eigenvalue weighted by Crippen LogP contribution is 2.26. The summed E-state index contributed by atoms with van der Waals surface area (Å²) < 4.78 is 20.8. The number of hydrogen-bond donors (Lipinski definition) is 1. The SMILES string of the molecule is Cl.F[C@@H]1CN[C@@H](c2nc(-c3ccc(Cn4cnc5ccccc54)cc3)no2)C1. The first kappa shape index (κ1) is 18.6. The standard InChI is InChI=1S/C20H18FN5O.ClH/c21-15-9-17(22-10-15)20-24-19(25-27-20)14-7-5-13(6-8-14)11-26-12-23-16-3-1-2-4-18(16)26;/h1-8,12,15,17,22H,9-11H2;1H/t15-,17+;/m0./s1. The lowest BCUT2D eigenvalue weighted by Gasteiger charge is -2.05. The Morgan fingerprint density at radius 2 is 1.96 bits per heavy atom. The van der Waals surface area contributed by atoms with E-state index in [4.69, 9.17) is 4.52 Å². The molecular formula is C20H19ClFN5O. The molecule has 1 aliphatic rings. The number of nitrogens with one attached hydrogen (secondary N) is 1. The van der Waals surface area contributed by atoms with E-state index in [0.29, 0.717) is 24.7 Å². The molecule has 0 radical (unpaired) electrons. The number of nitrogens with zero attached hydrogens (tertiary/aromatic N) is 4. The molecule has 0 amide bonds. The molecule has 0 spiro atoms. The fourth-order valence-electron chi connectivity index (χ4n) is 3.47. The first-order chi connectivity index (χ1) is 13.3. The Labute approximate surface area is 167 Å². The number of para-hydroxylation sites is 2. The molecule has 0 unspecified atom stereocenters. The zero-order valence-corrected chi connectivity index (χ0v) is 15.8. The third kappa shape index (κ3) is 3.50. The molecule has 2 aromatic heterocycles. The highest BCUT2D eigenvalue weighted by atomic mass is 35.5. The predicted molar refractivity (Wildman–Crippen MR) is 106 cm³/mol. The van der Waals surface area contributed by atoms with Crippen LogP contribution in [0.2, 0.25) is 0 Å². The second-order valence-electron chi connectivity index (χ2n) is 6.81. The van der Waals surface area contributed by atoms with Crippen molar-refractivity contribution in [3.63, 3.8) is 0 Å². The van der Waals surface area contributed by atoms with E-state index < -0.39 is 6.17 Å². The molecular weight excluding hydrogens is 381 g/mol. The molecule has 1 fully saturated rings. The number of alkyl halides is 1. The molecule has 4 aromatic rings. The highest BCUT2D eigenvalue weighted by Gasteiger charge is 2.29. The van der Waals surface area contributed by atoms with Crippen molar-refractivity contribution in [2.45, 2.75) is 25.2 Å². The third-order valence-corrected chi connectivity index (χ3v) is 4.91. The van der Waals surface area contributed by atoms with E-state index in [2.05, 4.69) is 31.1 Å². The van der Waals surface area contributed by atoms with E-state index in [1.807, 2.05) is 48.8 Å². The van der Waals surface area contributed by atoms with Crippen LogP contribution in [0.3, 0.4) is 0 Å². The van der Waals surface area contributed by atoms with Crippen LogP contribution < -0.4 is 5.32 Å². The van der Waals surface area contributed by atoms with Gasteiger partial charge in [0.2, 0.25) is 11.7 Å². The molecule has 28 heavy (non-hydrogen) atoms. The zero-order chi connectivity index (χ0) is 18.2. The number of hydrogen-bond acceptors (Lipinski definition) is 5. The molecule has 0 saturated carbocycles. The molecule has 5 rings (SSSR count). The van der Waals surface area contributed by atoms with Gasteiger partial charge in [-0.15, -0.1) is 12.4 Å². The van der Waals surface area contributed by atoms with E-state index >= 15 is 0 Å². The van der Waals surface area contributed by atoms with Gasteiger partial charge in [0.25, 0.3) is 0 Å². The van der Waals surface area contributed by atoms with Gasteiger partial charge >= 0.3 is 0 Å². The number of halogens is 2. The Hall–Kier alpha value is -2.77. The van der Waals surface area contributed by atoms with E-state index in [1.165, 1.54) is 0 Å². The van der Waals surface area contributed by atoms with Gasteiger partial charge in [0, 0.05) is 25.1 Å². The fraction of sp³-hybridized carbons (Fsp3) is 0.250. The van der Waals surface area contributed by atoms with Crippen LogP contribution >= 0.6 is 12.4 Å². The molecule has 1 N–H and O–H groups in total. The van der Waals surface area contributed by atoms with E-state index in [0.717, 1.165) is 28.7 Å². The number of aromatic nitrogens is 4. The molecule has 0 bridgehead atoms. The normalized spacial score (nSPS) is 19.0. The second kappa shape index (κ2) is 7.69. The van der Waals surface area contributed by atoms with Crippen molar-refractivity contribution in [2.75, 3.05) is 6.54 Å². The van der Waals surface area contributed by atoms with E-state index in [9.17, 15) is 4.39 Å². The van der Waals surface area contributed by atoms with Crippen molar-refractivity contribution in [1.29, 1.82) is 0 Å². The molecule has 1 aliphatic heterocycles. The molecule has 2 aromatic carbocycles. The predicted octanol–water partition coefficient (Wildman–Crippen LogP) is 3.93. The van der Waals surface area contributed by atoms with Crippen molar-refractivity contribution >= 4 is 23.4 Å². The molecule has 6 nitrogen and oxygen atoms in total. The van der Waals surface area contributed by atoms with Crippen molar-refractivity contribution in [2.24, 2.45) is 0 Å². The first-order valence-corrected chi connectivity index (χ1v) is 8.96. The summed E-state index contributed by atoms with van der Waals surface area (Å²) in [6.45, 7) is 1.07.